The van der Waals surface area contributed by atoms with Crippen LogP contribution in [0.3, 0.4) is 0 Å². The second kappa shape index (κ2) is 11.4. The van der Waals surface area contributed by atoms with Crippen LogP contribution in [0, 0.1) is 5.92 Å². The molecule has 1 aliphatic rings. The van der Waals surface area contributed by atoms with Crippen molar-refractivity contribution in [2.45, 2.75) is 39.2 Å². The molecular formula is C27H28Cl2N4. The number of hydrogen-bond donors (Lipinski definition) is 0. The maximum atomic E-state index is 6.16. The van der Waals surface area contributed by atoms with Gasteiger partial charge in [0.2, 0.25) is 0 Å². The van der Waals surface area contributed by atoms with Gasteiger partial charge in [0, 0.05) is 29.2 Å². The first kappa shape index (κ1) is 23.5. The van der Waals surface area contributed by atoms with Gasteiger partial charge in [-0.3, -0.25) is 0 Å². The van der Waals surface area contributed by atoms with Crippen molar-refractivity contribution in [1.29, 1.82) is 0 Å². The molecule has 0 fully saturated rings. The van der Waals surface area contributed by atoms with Crippen LogP contribution < -0.4 is 0 Å². The Bertz CT molecular complexity index is 1140. The maximum Gasteiger partial charge on any atom is 0.133 e. The standard InChI is InChI=1S/C27H28Cl2N4/c1-20-6-5-7-21(18-20)14-17-33-25(8-3-2-4-15-28)32-26(22-9-11-23(29)12-10-22)27(33)24-13-16-30-19-31-24/h3,5,7-13,16,18-20H,2,4,6,14-15,17H2,1H3/b8-3+. The van der Waals surface area contributed by atoms with E-state index in [9.17, 15) is 0 Å². The lowest BCUT2D eigenvalue weighted by Gasteiger charge is -2.15. The molecule has 1 unspecified atom stereocenters. The van der Waals surface area contributed by atoms with Gasteiger partial charge in [0.1, 0.15) is 12.2 Å². The minimum Gasteiger partial charge on any atom is -0.322 e. The van der Waals surface area contributed by atoms with E-state index in [0.717, 1.165) is 60.7 Å². The quantitative estimate of drug-likeness (QED) is 0.234. The van der Waals surface area contributed by atoms with Crippen LogP contribution in [0.2, 0.25) is 5.02 Å². The molecule has 0 bridgehead atoms. The zero-order valence-electron chi connectivity index (χ0n) is 18.8. The van der Waals surface area contributed by atoms with Crippen molar-refractivity contribution in [3.63, 3.8) is 0 Å². The Morgan fingerprint density at radius 3 is 2.76 bits per heavy atom. The topological polar surface area (TPSA) is 43.6 Å². The minimum absolute atomic E-state index is 0.577. The van der Waals surface area contributed by atoms with Crippen molar-refractivity contribution in [2.24, 2.45) is 5.92 Å². The van der Waals surface area contributed by atoms with E-state index in [0.29, 0.717) is 16.8 Å². The van der Waals surface area contributed by atoms with Gasteiger partial charge in [0.15, 0.2) is 0 Å². The van der Waals surface area contributed by atoms with E-state index in [-0.39, 0.29) is 0 Å². The van der Waals surface area contributed by atoms with Crippen LogP contribution in [0.5, 0.6) is 0 Å². The Balaban J connectivity index is 1.80. The Labute approximate surface area is 205 Å². The third-order valence-corrected chi connectivity index (χ3v) is 6.19. The zero-order valence-corrected chi connectivity index (χ0v) is 20.3. The summed E-state index contributed by atoms with van der Waals surface area (Å²) in [5.41, 5.74) is 5.10. The average Bonchev–Trinajstić information content (AvgIpc) is 3.20. The number of rotatable bonds is 9. The third-order valence-electron chi connectivity index (χ3n) is 5.67. The number of halogens is 2. The highest BCUT2D eigenvalue weighted by molar-refractivity contribution is 6.30. The van der Waals surface area contributed by atoms with Crippen molar-refractivity contribution in [3.8, 4) is 22.6 Å². The summed E-state index contributed by atoms with van der Waals surface area (Å²) in [7, 11) is 0. The fourth-order valence-electron chi connectivity index (χ4n) is 4.04. The van der Waals surface area contributed by atoms with Gasteiger partial charge in [-0.15, -0.1) is 11.6 Å². The highest BCUT2D eigenvalue weighted by Crippen LogP contribution is 2.33. The number of nitrogens with zero attached hydrogens (tertiary/aromatic N) is 4. The molecule has 4 nitrogen and oxygen atoms in total. The van der Waals surface area contributed by atoms with E-state index in [4.69, 9.17) is 28.2 Å². The van der Waals surface area contributed by atoms with E-state index in [1.807, 2.05) is 30.3 Å². The molecule has 3 aromatic rings. The van der Waals surface area contributed by atoms with E-state index >= 15 is 0 Å². The summed E-state index contributed by atoms with van der Waals surface area (Å²) in [4.78, 5) is 13.8. The molecule has 1 aliphatic carbocycles. The van der Waals surface area contributed by atoms with E-state index in [1.54, 1.807) is 12.5 Å². The van der Waals surface area contributed by atoms with Gasteiger partial charge in [-0.1, -0.05) is 60.5 Å². The number of benzene rings is 1. The number of allylic oxidation sites excluding steroid dienone is 5. The summed E-state index contributed by atoms with van der Waals surface area (Å²) >= 11 is 12.0. The molecule has 2 aromatic heterocycles. The van der Waals surface area contributed by atoms with Crippen molar-refractivity contribution in [1.82, 2.24) is 19.5 Å². The summed E-state index contributed by atoms with van der Waals surface area (Å²) in [6, 6.07) is 9.75. The Morgan fingerprint density at radius 2 is 2.03 bits per heavy atom. The molecule has 33 heavy (non-hydrogen) atoms. The molecule has 2 heterocycles. The lowest BCUT2D eigenvalue weighted by molar-refractivity contribution is 0.671. The first-order valence-corrected chi connectivity index (χ1v) is 12.3. The summed E-state index contributed by atoms with van der Waals surface area (Å²) < 4.78 is 2.28. The molecule has 0 N–H and O–H groups in total. The van der Waals surface area contributed by atoms with Crippen molar-refractivity contribution in [2.75, 3.05) is 5.88 Å². The molecular weight excluding hydrogens is 451 g/mol. The molecule has 0 radical (unpaired) electrons. The summed E-state index contributed by atoms with van der Waals surface area (Å²) in [6.45, 7) is 3.06. The van der Waals surface area contributed by atoms with Gasteiger partial charge in [-0.2, -0.15) is 0 Å². The molecule has 0 aliphatic heterocycles. The third kappa shape index (κ3) is 6.01. The first-order chi connectivity index (χ1) is 16.2. The molecule has 1 aromatic carbocycles. The van der Waals surface area contributed by atoms with Gasteiger partial charge < -0.3 is 4.57 Å². The van der Waals surface area contributed by atoms with Crippen LogP contribution in [0.1, 0.15) is 38.4 Å². The van der Waals surface area contributed by atoms with Crippen LogP contribution in [0.25, 0.3) is 28.7 Å². The molecule has 6 heteroatoms. The Hall–Kier alpha value is -2.69. The Morgan fingerprint density at radius 1 is 1.18 bits per heavy atom. The normalized spacial score (nSPS) is 15.8. The predicted octanol–water partition coefficient (Wildman–Crippen LogP) is 7.61. The molecule has 0 spiro atoms. The van der Waals surface area contributed by atoms with Crippen molar-refractivity contribution >= 4 is 29.3 Å². The number of alkyl halides is 1. The highest BCUT2D eigenvalue weighted by atomic mass is 35.5. The Kier molecular flexibility index (Phi) is 8.14. The first-order valence-electron chi connectivity index (χ1n) is 11.4. The number of imidazole rings is 1. The van der Waals surface area contributed by atoms with Gasteiger partial charge in [-0.05, 0) is 55.9 Å². The van der Waals surface area contributed by atoms with E-state index in [2.05, 4.69) is 51.8 Å². The smallest absolute Gasteiger partial charge is 0.133 e. The SMILES string of the molecule is CC1C=C(CCn2c(/C=C/CCCCl)nc(-c3ccc(Cl)cc3)c2-c2ccncn2)C=CC1. The summed E-state index contributed by atoms with van der Waals surface area (Å²) in [5.74, 6) is 2.14. The van der Waals surface area contributed by atoms with Crippen molar-refractivity contribution in [3.05, 3.63) is 83.6 Å². The molecule has 170 valence electrons. The molecule has 0 saturated heterocycles. The summed E-state index contributed by atoms with van der Waals surface area (Å²) in [5, 5.41) is 0.702. The van der Waals surface area contributed by atoms with Crippen LogP contribution in [-0.4, -0.2) is 25.4 Å². The number of aromatic nitrogens is 4. The van der Waals surface area contributed by atoms with Crippen LogP contribution in [-0.2, 0) is 6.54 Å². The molecule has 0 amide bonds. The van der Waals surface area contributed by atoms with Crippen LogP contribution in [0.4, 0.5) is 0 Å². The molecule has 0 saturated carbocycles. The lowest BCUT2D eigenvalue weighted by Crippen LogP contribution is -2.06. The fourth-order valence-corrected chi connectivity index (χ4v) is 4.32. The fraction of sp³-hybridized carbons (Fsp3) is 0.296. The highest BCUT2D eigenvalue weighted by Gasteiger charge is 2.20. The summed E-state index contributed by atoms with van der Waals surface area (Å²) in [6.07, 6.45) is 18.4. The number of hydrogen-bond acceptors (Lipinski definition) is 3. The number of unbranched alkanes of at least 4 members (excludes halogenated alkanes) is 1. The van der Waals surface area contributed by atoms with Gasteiger partial charge in [0.05, 0.1) is 17.1 Å². The molecule has 4 rings (SSSR count). The minimum atomic E-state index is 0.577. The van der Waals surface area contributed by atoms with E-state index < -0.39 is 0 Å². The predicted molar refractivity (Wildman–Crippen MR) is 138 cm³/mol. The monoisotopic (exact) mass is 478 g/mol. The average molecular weight is 479 g/mol. The maximum absolute atomic E-state index is 6.16. The van der Waals surface area contributed by atoms with Gasteiger partial charge >= 0.3 is 0 Å². The second-order valence-corrected chi connectivity index (χ2v) is 9.08. The van der Waals surface area contributed by atoms with Crippen LogP contribution >= 0.6 is 23.2 Å². The lowest BCUT2D eigenvalue weighted by atomic mass is 9.96. The van der Waals surface area contributed by atoms with Gasteiger partial charge in [0.25, 0.3) is 0 Å². The largest absolute Gasteiger partial charge is 0.322 e. The second-order valence-electron chi connectivity index (χ2n) is 8.26. The van der Waals surface area contributed by atoms with E-state index in [1.165, 1.54) is 5.57 Å². The van der Waals surface area contributed by atoms with Crippen LogP contribution in [0.15, 0.2) is 72.7 Å². The molecule has 1 atom stereocenters. The zero-order chi connectivity index (χ0) is 23.0. The van der Waals surface area contributed by atoms with Crippen molar-refractivity contribution < 1.29 is 0 Å². The van der Waals surface area contributed by atoms with Gasteiger partial charge in [-0.25, -0.2) is 15.0 Å².